The first kappa shape index (κ1) is 102. The Kier molecular flexibility index (Phi) is 75.0. The van der Waals surface area contributed by atoms with Gasteiger partial charge in [0.2, 0.25) is 0 Å². The molecule has 3 N–H and O–H groups in total. The number of unbranched alkanes of at least 4 members (excludes halogenated alkanes) is 53. The summed E-state index contributed by atoms with van der Waals surface area (Å²) in [6.07, 6.45) is 67.8. The van der Waals surface area contributed by atoms with Crippen molar-refractivity contribution in [3.05, 3.63) is 0 Å². The Morgan fingerprint density at radius 1 is 0.279 bits per heavy atom. The molecule has 3 unspecified atom stereocenters. The highest BCUT2D eigenvalue weighted by Gasteiger charge is 2.30. The molecule has 0 aromatic heterocycles. The highest BCUT2D eigenvalue weighted by atomic mass is 31.2. The van der Waals surface area contributed by atoms with Crippen LogP contribution in [0.15, 0.2) is 0 Å². The van der Waals surface area contributed by atoms with Crippen LogP contribution in [0.4, 0.5) is 0 Å². The summed E-state index contributed by atoms with van der Waals surface area (Å²) in [5, 5.41) is 10.7. The lowest BCUT2D eigenvalue weighted by Gasteiger charge is -2.21. The Balaban J connectivity index is 5.23. The zero-order valence-electron chi connectivity index (χ0n) is 68.3. The molecular weight excluding hydrogens is 1350 g/mol. The number of phosphoric ester groups is 2. The molecular formula is C85H166O17P2. The number of carbonyl (C=O) groups excluding carboxylic acids is 4. The maximum atomic E-state index is 13.1. The van der Waals surface area contributed by atoms with Crippen LogP contribution in [-0.4, -0.2) is 96.7 Å². The number of rotatable bonds is 84. The Morgan fingerprint density at radius 3 is 0.731 bits per heavy atom. The van der Waals surface area contributed by atoms with Crippen molar-refractivity contribution < 1.29 is 80.2 Å². The maximum Gasteiger partial charge on any atom is 0.472 e. The predicted octanol–water partition coefficient (Wildman–Crippen LogP) is 25.8. The van der Waals surface area contributed by atoms with Gasteiger partial charge in [0.05, 0.1) is 26.4 Å². The standard InChI is InChI=1S/C85H166O17P2/c1-7-10-12-14-16-18-20-30-39-45-51-57-63-69-84(89)101-80(73-95-82(87)67-61-55-49-43-37-21-19-17-15-13-11-8-2)75-99-103(91,92)97-71-79(86)72-98-104(93,94)100-76-81(74-96-83(88)68-62-56-50-44-38-33-29-28-31-35-41-47-53-59-65-77(4)5)102-85(90)70-64-58-52-46-40-34-27-25-23-22-24-26-32-36-42-48-54-60-66-78(6)9-3/h77-81,86H,7-76H2,1-6H3,(H,91,92)(H,93,94)/t78?,79-,80+,81+/m0/s1. The molecule has 0 aliphatic heterocycles. The van der Waals surface area contributed by atoms with Crippen LogP contribution < -0.4 is 0 Å². The second-order valence-electron chi connectivity index (χ2n) is 31.3. The second-order valence-corrected chi connectivity index (χ2v) is 34.2. The molecule has 0 saturated carbocycles. The lowest BCUT2D eigenvalue weighted by Crippen LogP contribution is -2.30. The van der Waals surface area contributed by atoms with Crippen molar-refractivity contribution in [3.63, 3.8) is 0 Å². The summed E-state index contributed by atoms with van der Waals surface area (Å²) in [7, 11) is -9.92. The van der Waals surface area contributed by atoms with Crippen molar-refractivity contribution in [1.29, 1.82) is 0 Å². The van der Waals surface area contributed by atoms with Gasteiger partial charge >= 0.3 is 39.5 Å². The van der Waals surface area contributed by atoms with E-state index >= 15 is 0 Å². The molecule has 0 rings (SSSR count). The summed E-state index contributed by atoms with van der Waals surface area (Å²) >= 11 is 0. The quantitative estimate of drug-likeness (QED) is 0.0222. The minimum Gasteiger partial charge on any atom is -0.462 e. The minimum atomic E-state index is -4.97. The molecule has 0 aromatic rings. The largest absolute Gasteiger partial charge is 0.472 e. The van der Waals surface area contributed by atoms with Crippen molar-refractivity contribution >= 4 is 39.5 Å². The van der Waals surface area contributed by atoms with Gasteiger partial charge in [0.1, 0.15) is 19.3 Å². The Morgan fingerprint density at radius 2 is 0.490 bits per heavy atom. The number of ether oxygens (including phenoxy) is 4. The first-order chi connectivity index (χ1) is 50.4. The van der Waals surface area contributed by atoms with Crippen molar-refractivity contribution in [2.75, 3.05) is 39.6 Å². The third-order valence-electron chi connectivity index (χ3n) is 20.3. The zero-order valence-corrected chi connectivity index (χ0v) is 70.1. The van der Waals surface area contributed by atoms with E-state index in [-0.39, 0.29) is 25.7 Å². The average Bonchev–Trinajstić information content (AvgIpc) is 0.925. The van der Waals surface area contributed by atoms with Crippen LogP contribution in [-0.2, 0) is 65.4 Å². The maximum absolute atomic E-state index is 13.1. The van der Waals surface area contributed by atoms with E-state index in [0.29, 0.717) is 25.7 Å². The summed E-state index contributed by atoms with van der Waals surface area (Å²) in [4.78, 5) is 73.2. The monoisotopic (exact) mass is 1520 g/mol. The predicted molar refractivity (Wildman–Crippen MR) is 428 cm³/mol. The van der Waals surface area contributed by atoms with Crippen molar-refractivity contribution in [1.82, 2.24) is 0 Å². The molecule has 104 heavy (non-hydrogen) atoms. The number of esters is 4. The third-order valence-corrected chi connectivity index (χ3v) is 22.2. The van der Waals surface area contributed by atoms with Gasteiger partial charge in [-0.1, -0.05) is 401 Å². The minimum absolute atomic E-state index is 0.108. The highest BCUT2D eigenvalue weighted by molar-refractivity contribution is 7.47. The molecule has 0 aliphatic carbocycles. The average molecular weight is 1520 g/mol. The van der Waals surface area contributed by atoms with Gasteiger partial charge in [0.15, 0.2) is 12.2 Å². The summed E-state index contributed by atoms with van der Waals surface area (Å²) in [5.41, 5.74) is 0. The Bertz CT molecular complexity index is 2000. The summed E-state index contributed by atoms with van der Waals surface area (Å²) in [6, 6.07) is 0. The fourth-order valence-electron chi connectivity index (χ4n) is 13.2. The lowest BCUT2D eigenvalue weighted by atomic mass is 9.99. The molecule has 6 atom stereocenters. The number of phosphoric acid groups is 2. The molecule has 0 heterocycles. The van der Waals surface area contributed by atoms with Gasteiger partial charge in [-0.05, 0) is 37.5 Å². The van der Waals surface area contributed by atoms with E-state index in [1.807, 2.05) is 0 Å². The molecule has 19 heteroatoms. The van der Waals surface area contributed by atoms with E-state index in [2.05, 4.69) is 41.5 Å². The molecule has 0 amide bonds. The zero-order chi connectivity index (χ0) is 76.4. The van der Waals surface area contributed by atoms with E-state index in [1.165, 1.54) is 270 Å². The van der Waals surface area contributed by atoms with E-state index in [0.717, 1.165) is 102 Å². The number of aliphatic hydroxyl groups excluding tert-OH is 1. The van der Waals surface area contributed by atoms with Crippen molar-refractivity contribution in [2.45, 2.75) is 471 Å². The van der Waals surface area contributed by atoms with Gasteiger partial charge in [-0.2, -0.15) is 0 Å². The molecule has 0 saturated heterocycles. The molecule has 0 radical (unpaired) electrons. The van der Waals surface area contributed by atoms with Crippen LogP contribution in [0.3, 0.4) is 0 Å². The van der Waals surface area contributed by atoms with E-state index in [1.54, 1.807) is 0 Å². The molecule has 618 valence electrons. The van der Waals surface area contributed by atoms with Crippen LogP contribution >= 0.6 is 15.6 Å². The lowest BCUT2D eigenvalue weighted by molar-refractivity contribution is -0.161. The smallest absolute Gasteiger partial charge is 0.462 e. The molecule has 0 aromatic carbocycles. The first-order valence-corrected chi connectivity index (χ1v) is 47.0. The Hall–Kier alpha value is -1.94. The van der Waals surface area contributed by atoms with Gasteiger partial charge in [-0.25, -0.2) is 9.13 Å². The van der Waals surface area contributed by atoms with Crippen LogP contribution in [0.5, 0.6) is 0 Å². The molecule has 0 aliphatic rings. The molecule has 0 spiro atoms. The van der Waals surface area contributed by atoms with Crippen molar-refractivity contribution in [2.24, 2.45) is 11.8 Å². The fourth-order valence-corrected chi connectivity index (χ4v) is 14.8. The number of hydrogen-bond acceptors (Lipinski definition) is 15. The van der Waals surface area contributed by atoms with Crippen molar-refractivity contribution in [3.8, 4) is 0 Å². The summed E-state index contributed by atoms with van der Waals surface area (Å²) < 4.78 is 68.9. The normalized spacial score (nSPS) is 14.1. The topological polar surface area (TPSA) is 237 Å². The van der Waals surface area contributed by atoms with Crippen LogP contribution in [0, 0.1) is 11.8 Å². The van der Waals surface area contributed by atoms with Crippen LogP contribution in [0.2, 0.25) is 0 Å². The van der Waals surface area contributed by atoms with Gasteiger partial charge in [0, 0.05) is 25.7 Å². The number of hydrogen-bond donors (Lipinski definition) is 3. The van der Waals surface area contributed by atoms with Gasteiger partial charge < -0.3 is 33.8 Å². The summed E-state index contributed by atoms with van der Waals surface area (Å²) in [5.74, 6) is -0.431. The summed E-state index contributed by atoms with van der Waals surface area (Å²) in [6.45, 7) is 9.76. The first-order valence-electron chi connectivity index (χ1n) is 44.0. The van der Waals surface area contributed by atoms with Crippen LogP contribution in [0.25, 0.3) is 0 Å². The number of aliphatic hydroxyl groups is 1. The third kappa shape index (κ3) is 76.8. The van der Waals surface area contributed by atoms with E-state index in [9.17, 15) is 43.2 Å². The molecule has 0 fully saturated rings. The van der Waals surface area contributed by atoms with Crippen LogP contribution in [0.1, 0.15) is 452 Å². The SMILES string of the molecule is CCCCCCCCCCCCCCCC(=O)O[C@H](COC(=O)CCCCCCCCCCCCCC)COP(=O)(O)OC[C@H](O)COP(=O)(O)OC[C@@H](COC(=O)CCCCCCCCCCCCCCCCC(C)C)OC(=O)CCCCCCCCCCCCCCCCCCCCC(C)CC. The highest BCUT2D eigenvalue weighted by Crippen LogP contribution is 2.45. The van der Waals surface area contributed by atoms with E-state index in [4.69, 9.17) is 37.0 Å². The number of carbonyl (C=O) groups is 4. The van der Waals surface area contributed by atoms with Gasteiger partial charge in [-0.3, -0.25) is 37.3 Å². The van der Waals surface area contributed by atoms with Gasteiger partial charge in [0.25, 0.3) is 0 Å². The van der Waals surface area contributed by atoms with E-state index < -0.39 is 97.5 Å². The molecule has 17 nitrogen and oxygen atoms in total. The fraction of sp³-hybridized carbons (Fsp3) is 0.953. The Labute approximate surface area is 638 Å². The van der Waals surface area contributed by atoms with Gasteiger partial charge in [-0.15, -0.1) is 0 Å². The molecule has 0 bridgehead atoms. The second kappa shape index (κ2) is 76.4.